The van der Waals surface area contributed by atoms with Crippen LogP contribution in [0.2, 0.25) is 0 Å². The van der Waals surface area contributed by atoms with E-state index in [2.05, 4.69) is 0 Å². The molecule has 0 rings (SSSR count). The van der Waals surface area contributed by atoms with Gasteiger partial charge in [0.25, 0.3) is 0 Å². The summed E-state index contributed by atoms with van der Waals surface area (Å²) in [6, 6.07) is 0. The van der Waals surface area contributed by atoms with E-state index in [4.69, 9.17) is 9.47 Å². The molecule has 0 saturated heterocycles. The van der Waals surface area contributed by atoms with Gasteiger partial charge in [-0.05, 0) is 12.8 Å². The van der Waals surface area contributed by atoms with E-state index in [-0.39, 0.29) is 12.6 Å². The summed E-state index contributed by atoms with van der Waals surface area (Å²) >= 11 is 0. The molecule has 0 radical (unpaired) electrons. The van der Waals surface area contributed by atoms with Gasteiger partial charge in [-0.25, -0.2) is 4.79 Å². The fourth-order valence-corrected chi connectivity index (χ4v) is 0.557. The molecule has 0 N–H and O–H groups in total. The molecule has 3 nitrogen and oxygen atoms in total. The summed E-state index contributed by atoms with van der Waals surface area (Å²) in [7, 11) is 0. The molecule has 0 aromatic carbocycles. The largest absolute Gasteiger partial charge is 0.464 e. The van der Waals surface area contributed by atoms with Crippen molar-refractivity contribution in [3.63, 3.8) is 0 Å². The number of ether oxygens (including phenoxy) is 2. The van der Waals surface area contributed by atoms with E-state index in [0.717, 1.165) is 12.8 Å². The van der Waals surface area contributed by atoms with Crippen LogP contribution in [0.25, 0.3) is 0 Å². The van der Waals surface area contributed by atoms with E-state index < -0.39 is 0 Å². The van der Waals surface area contributed by atoms with Crippen LogP contribution in [-0.2, 0) is 14.3 Å². The molecular weight excluding hydrogens is 144 g/mol. The fourth-order valence-electron chi connectivity index (χ4n) is 0.557. The number of rotatable bonds is 6. The summed E-state index contributed by atoms with van der Waals surface area (Å²) in [5.74, 6) is -0.264. The summed E-state index contributed by atoms with van der Waals surface area (Å²) in [6.45, 7) is 5.17. The second-order valence-electron chi connectivity index (χ2n) is 2.27. The van der Waals surface area contributed by atoms with Gasteiger partial charge < -0.3 is 9.47 Å². The minimum absolute atomic E-state index is 0.0911. The lowest BCUT2D eigenvalue weighted by molar-refractivity contribution is -0.148. The SMILES string of the molecule is CCCOCC(=O)OCCC. The van der Waals surface area contributed by atoms with E-state index in [1.165, 1.54) is 0 Å². The monoisotopic (exact) mass is 160 g/mol. The summed E-state index contributed by atoms with van der Waals surface area (Å²) in [5.41, 5.74) is 0. The van der Waals surface area contributed by atoms with Gasteiger partial charge in [0.05, 0.1) is 6.61 Å². The number of esters is 1. The minimum Gasteiger partial charge on any atom is -0.464 e. The van der Waals surface area contributed by atoms with Gasteiger partial charge in [0, 0.05) is 6.61 Å². The van der Waals surface area contributed by atoms with Crippen molar-refractivity contribution in [3.05, 3.63) is 0 Å². The van der Waals surface area contributed by atoms with Crippen molar-refractivity contribution in [2.75, 3.05) is 19.8 Å². The standard InChI is InChI=1S/C8H16O3/c1-3-5-10-7-8(9)11-6-4-2/h3-7H2,1-2H3. The van der Waals surface area contributed by atoms with Crippen LogP contribution in [0.5, 0.6) is 0 Å². The van der Waals surface area contributed by atoms with E-state index in [9.17, 15) is 4.79 Å². The Bertz CT molecular complexity index is 102. The Labute approximate surface area is 67.7 Å². The molecule has 66 valence electrons. The average molecular weight is 160 g/mol. The average Bonchev–Trinajstić information content (AvgIpc) is 2.01. The van der Waals surface area contributed by atoms with E-state index in [0.29, 0.717) is 13.2 Å². The van der Waals surface area contributed by atoms with Crippen LogP contribution in [0.15, 0.2) is 0 Å². The van der Waals surface area contributed by atoms with Crippen molar-refractivity contribution < 1.29 is 14.3 Å². The molecule has 0 aliphatic rings. The lowest BCUT2D eigenvalue weighted by Crippen LogP contribution is -2.13. The zero-order chi connectivity index (χ0) is 8.53. The number of carbonyl (C=O) groups excluding carboxylic acids is 1. The van der Waals surface area contributed by atoms with E-state index in [1.807, 2.05) is 13.8 Å². The highest BCUT2D eigenvalue weighted by Crippen LogP contribution is 1.85. The first-order valence-corrected chi connectivity index (χ1v) is 4.04. The topological polar surface area (TPSA) is 35.5 Å². The van der Waals surface area contributed by atoms with Crippen molar-refractivity contribution in [2.24, 2.45) is 0 Å². The van der Waals surface area contributed by atoms with Crippen molar-refractivity contribution >= 4 is 5.97 Å². The summed E-state index contributed by atoms with van der Waals surface area (Å²) in [4.78, 5) is 10.7. The molecule has 0 spiro atoms. The molecule has 0 aromatic rings. The van der Waals surface area contributed by atoms with Crippen molar-refractivity contribution in [1.29, 1.82) is 0 Å². The minimum atomic E-state index is -0.264. The molecule has 3 heteroatoms. The van der Waals surface area contributed by atoms with Gasteiger partial charge in [0.15, 0.2) is 0 Å². The lowest BCUT2D eigenvalue weighted by atomic mass is 10.5. The Hall–Kier alpha value is -0.570. The summed E-state index contributed by atoms with van der Waals surface area (Å²) in [5, 5.41) is 0. The molecule has 11 heavy (non-hydrogen) atoms. The van der Waals surface area contributed by atoms with Gasteiger partial charge in [-0.15, -0.1) is 0 Å². The van der Waals surface area contributed by atoms with Crippen LogP contribution < -0.4 is 0 Å². The third kappa shape index (κ3) is 7.33. The molecule has 0 atom stereocenters. The highest BCUT2D eigenvalue weighted by molar-refractivity contribution is 5.70. The highest BCUT2D eigenvalue weighted by atomic mass is 16.6. The maximum Gasteiger partial charge on any atom is 0.332 e. The van der Waals surface area contributed by atoms with Crippen LogP contribution in [0, 0.1) is 0 Å². The third-order valence-electron chi connectivity index (χ3n) is 1.04. The number of carbonyl (C=O) groups is 1. The van der Waals surface area contributed by atoms with Gasteiger partial charge in [-0.1, -0.05) is 13.8 Å². The molecule has 0 aromatic heterocycles. The molecule has 0 aliphatic carbocycles. The maximum absolute atomic E-state index is 10.7. The molecular formula is C8H16O3. The predicted molar refractivity (Wildman–Crippen MR) is 42.4 cm³/mol. The lowest BCUT2D eigenvalue weighted by Gasteiger charge is -2.02. The summed E-state index contributed by atoms with van der Waals surface area (Å²) < 4.78 is 9.74. The van der Waals surface area contributed by atoms with E-state index >= 15 is 0 Å². The first-order chi connectivity index (χ1) is 5.31. The predicted octanol–water partition coefficient (Wildman–Crippen LogP) is 1.37. The van der Waals surface area contributed by atoms with Crippen LogP contribution >= 0.6 is 0 Å². The quantitative estimate of drug-likeness (QED) is 0.435. The van der Waals surface area contributed by atoms with Crippen LogP contribution in [0.4, 0.5) is 0 Å². The molecule has 0 saturated carbocycles. The summed E-state index contributed by atoms with van der Waals surface area (Å²) in [6.07, 6.45) is 1.79. The first-order valence-electron chi connectivity index (χ1n) is 4.04. The molecule has 0 unspecified atom stereocenters. The van der Waals surface area contributed by atoms with Gasteiger partial charge >= 0.3 is 5.97 Å². The second-order valence-corrected chi connectivity index (χ2v) is 2.27. The highest BCUT2D eigenvalue weighted by Gasteiger charge is 1.99. The molecule has 0 bridgehead atoms. The van der Waals surface area contributed by atoms with Crippen molar-refractivity contribution in [1.82, 2.24) is 0 Å². The Kier molecular flexibility index (Phi) is 7.15. The van der Waals surface area contributed by atoms with Crippen molar-refractivity contribution in [2.45, 2.75) is 26.7 Å². The third-order valence-corrected chi connectivity index (χ3v) is 1.04. The smallest absolute Gasteiger partial charge is 0.332 e. The first kappa shape index (κ1) is 10.4. The molecule has 0 aliphatic heterocycles. The Morgan fingerprint density at radius 2 is 1.82 bits per heavy atom. The molecule has 0 amide bonds. The van der Waals surface area contributed by atoms with Crippen molar-refractivity contribution in [3.8, 4) is 0 Å². The van der Waals surface area contributed by atoms with Gasteiger partial charge in [0.1, 0.15) is 6.61 Å². The van der Waals surface area contributed by atoms with Crippen LogP contribution in [-0.4, -0.2) is 25.8 Å². The molecule has 0 heterocycles. The number of hydrogen-bond acceptors (Lipinski definition) is 3. The number of hydrogen-bond donors (Lipinski definition) is 0. The van der Waals surface area contributed by atoms with Gasteiger partial charge in [-0.3, -0.25) is 0 Å². The Balaban J connectivity index is 3.09. The van der Waals surface area contributed by atoms with E-state index in [1.54, 1.807) is 0 Å². The fraction of sp³-hybridized carbons (Fsp3) is 0.875. The zero-order valence-corrected chi connectivity index (χ0v) is 7.26. The second kappa shape index (κ2) is 7.54. The van der Waals surface area contributed by atoms with Crippen LogP contribution in [0.1, 0.15) is 26.7 Å². The zero-order valence-electron chi connectivity index (χ0n) is 7.26. The normalized spacial score (nSPS) is 9.64. The van der Waals surface area contributed by atoms with Gasteiger partial charge in [0.2, 0.25) is 0 Å². The Morgan fingerprint density at radius 1 is 1.18 bits per heavy atom. The maximum atomic E-state index is 10.7. The van der Waals surface area contributed by atoms with Crippen LogP contribution in [0.3, 0.4) is 0 Å². The Morgan fingerprint density at radius 3 is 2.36 bits per heavy atom. The van der Waals surface area contributed by atoms with Gasteiger partial charge in [-0.2, -0.15) is 0 Å². The molecule has 0 fully saturated rings.